The lowest BCUT2D eigenvalue weighted by atomic mass is 9.70. The van der Waals surface area contributed by atoms with Gasteiger partial charge < -0.3 is 30.5 Å². The molecule has 2 aliphatic heterocycles. The van der Waals surface area contributed by atoms with Crippen LogP contribution in [0.3, 0.4) is 0 Å². The summed E-state index contributed by atoms with van der Waals surface area (Å²) in [5.41, 5.74) is 4.79. The zero-order valence-electron chi connectivity index (χ0n) is 31.7. The largest absolute Gasteiger partial charge is 0.445 e. The van der Waals surface area contributed by atoms with E-state index in [0.29, 0.717) is 11.8 Å². The fraction of sp³-hybridized carbons (Fsp3) is 0.650. The summed E-state index contributed by atoms with van der Waals surface area (Å²) in [6.45, 7) is 18.1. The minimum absolute atomic E-state index is 0.0287. The van der Waals surface area contributed by atoms with Crippen molar-refractivity contribution in [3.63, 3.8) is 0 Å². The third-order valence-electron chi connectivity index (χ3n) is 10.1. The number of imidazole rings is 1. The van der Waals surface area contributed by atoms with Gasteiger partial charge >= 0.3 is 6.09 Å². The summed E-state index contributed by atoms with van der Waals surface area (Å²) in [5, 5.41) is 13.6. The Kier molecular flexibility index (Phi) is 15.7. The standard InChI is InChI=1S/C21H28FN3O2.C13H23NO.C6H11NO/c1-15-23-12-18(24-15)19(17-8-10-21(2,14-22)11-9-17)25-20(26)27-13-16-6-4-3-5-7-16;1-9(2)12(10(3)14)11-6-7-15-13(4,5)8-11;1-5-2-3-6(8)7-4-5/h3-7,12,17,19H,8-11,13-14H2,1-2H3,(H,23,24)(H,25,26);11,14H,6-8H2,1-5H3;5H,2-4H2,1H3,(H,7,8). The molecule has 10 heteroatoms. The Labute approximate surface area is 299 Å². The Bertz CT molecular complexity index is 1400. The number of ether oxygens (including phenoxy) is 2. The Morgan fingerprint density at radius 3 is 2.30 bits per heavy atom. The number of aromatic nitrogens is 2. The van der Waals surface area contributed by atoms with Crippen molar-refractivity contribution in [2.24, 2.45) is 23.2 Å². The molecule has 3 unspecified atom stereocenters. The highest BCUT2D eigenvalue weighted by molar-refractivity contribution is 5.96. The number of carbonyl (C=O) groups excluding carboxylic acids is 2. The average molecular weight is 696 g/mol. The molecule has 278 valence electrons. The summed E-state index contributed by atoms with van der Waals surface area (Å²) < 4.78 is 24.4. The number of carbonyl (C=O) groups is 2. The summed E-state index contributed by atoms with van der Waals surface area (Å²) in [4.78, 5) is 30.4. The van der Waals surface area contributed by atoms with Crippen molar-refractivity contribution in [1.29, 1.82) is 5.41 Å². The van der Waals surface area contributed by atoms with E-state index in [1.54, 1.807) is 6.20 Å². The molecular formula is C40H62FN5O4. The highest BCUT2D eigenvalue weighted by Gasteiger charge is 2.36. The molecule has 3 fully saturated rings. The summed E-state index contributed by atoms with van der Waals surface area (Å²) in [7, 11) is 0. The number of alkyl carbamates (subject to hydrolysis) is 1. The Hall–Kier alpha value is -3.53. The van der Waals surface area contributed by atoms with Crippen LogP contribution in [0.2, 0.25) is 0 Å². The first kappa shape index (κ1) is 40.9. The lowest BCUT2D eigenvalue weighted by Gasteiger charge is -2.38. The first-order chi connectivity index (χ1) is 23.6. The van der Waals surface area contributed by atoms with Gasteiger partial charge in [0.05, 0.1) is 30.2 Å². The average Bonchev–Trinajstić information content (AvgIpc) is 3.50. The van der Waals surface area contributed by atoms with E-state index in [1.165, 1.54) is 11.1 Å². The van der Waals surface area contributed by atoms with Gasteiger partial charge in [0.25, 0.3) is 0 Å². The maximum absolute atomic E-state index is 13.3. The van der Waals surface area contributed by atoms with Gasteiger partial charge in [-0.15, -0.1) is 0 Å². The van der Waals surface area contributed by atoms with Gasteiger partial charge in [0, 0.05) is 25.3 Å². The predicted octanol–water partition coefficient (Wildman–Crippen LogP) is 8.95. The smallest absolute Gasteiger partial charge is 0.408 e. The molecule has 2 amide bonds. The fourth-order valence-electron chi connectivity index (χ4n) is 7.17. The van der Waals surface area contributed by atoms with Crippen molar-refractivity contribution >= 4 is 17.7 Å². The Balaban J connectivity index is 0.000000244. The van der Waals surface area contributed by atoms with Crippen LogP contribution in [0.1, 0.15) is 123 Å². The molecule has 2 aromatic rings. The molecule has 4 N–H and O–H groups in total. The van der Waals surface area contributed by atoms with E-state index in [4.69, 9.17) is 14.9 Å². The summed E-state index contributed by atoms with van der Waals surface area (Å²) in [6, 6.07) is 9.38. The number of nitrogens with zero attached hydrogens (tertiary/aromatic N) is 1. The highest BCUT2D eigenvalue weighted by Crippen LogP contribution is 2.43. The predicted molar refractivity (Wildman–Crippen MR) is 198 cm³/mol. The van der Waals surface area contributed by atoms with Gasteiger partial charge in [-0.1, -0.05) is 49.8 Å². The van der Waals surface area contributed by atoms with Crippen LogP contribution >= 0.6 is 0 Å². The topological polar surface area (TPSA) is 129 Å². The maximum atomic E-state index is 13.3. The van der Waals surface area contributed by atoms with Crippen LogP contribution in [0.25, 0.3) is 0 Å². The first-order valence-electron chi connectivity index (χ1n) is 18.3. The van der Waals surface area contributed by atoms with Gasteiger partial charge in [-0.2, -0.15) is 0 Å². The summed E-state index contributed by atoms with van der Waals surface area (Å²) >= 11 is 0. The van der Waals surface area contributed by atoms with Crippen molar-refractivity contribution < 1.29 is 23.5 Å². The number of hydrogen-bond donors (Lipinski definition) is 4. The lowest BCUT2D eigenvalue weighted by molar-refractivity contribution is -0.122. The van der Waals surface area contributed by atoms with Crippen molar-refractivity contribution in [1.82, 2.24) is 20.6 Å². The fourth-order valence-corrected chi connectivity index (χ4v) is 7.17. The van der Waals surface area contributed by atoms with Crippen LogP contribution in [-0.4, -0.2) is 53.1 Å². The summed E-state index contributed by atoms with van der Waals surface area (Å²) in [5.74, 6) is 2.44. The second-order valence-electron chi connectivity index (χ2n) is 15.7. The van der Waals surface area contributed by atoms with E-state index in [9.17, 15) is 14.0 Å². The van der Waals surface area contributed by atoms with Gasteiger partial charge in [0.2, 0.25) is 5.91 Å². The number of piperidine rings is 1. The minimum Gasteiger partial charge on any atom is -0.445 e. The molecule has 1 aliphatic carbocycles. The minimum atomic E-state index is -0.449. The molecule has 0 radical (unpaired) electrons. The molecule has 50 heavy (non-hydrogen) atoms. The maximum Gasteiger partial charge on any atom is 0.408 e. The molecule has 0 spiro atoms. The molecule has 9 nitrogen and oxygen atoms in total. The number of nitrogens with one attached hydrogen (secondary N) is 4. The van der Waals surface area contributed by atoms with Gasteiger partial charge in [0.15, 0.2) is 0 Å². The zero-order chi connectivity index (χ0) is 36.9. The van der Waals surface area contributed by atoms with Crippen molar-refractivity contribution in [3.8, 4) is 0 Å². The van der Waals surface area contributed by atoms with Crippen LogP contribution in [0.5, 0.6) is 0 Å². The normalized spacial score (nSPS) is 24.9. The number of hydrogen-bond acceptors (Lipinski definition) is 6. The highest BCUT2D eigenvalue weighted by atomic mass is 19.1. The van der Waals surface area contributed by atoms with Crippen LogP contribution in [0.4, 0.5) is 9.18 Å². The third kappa shape index (κ3) is 13.3. The zero-order valence-corrected chi connectivity index (χ0v) is 31.7. The Morgan fingerprint density at radius 1 is 1.12 bits per heavy atom. The van der Waals surface area contributed by atoms with Crippen molar-refractivity contribution in [2.45, 2.75) is 125 Å². The molecule has 5 rings (SSSR count). The SMILES string of the molecule is CC(=N)C(=C(C)C)C1CCOC(C)(C)C1.CC1CCC(=O)NC1.Cc1ncc(C(NC(=O)OCc2ccccc2)C2CCC(C)(CF)CC2)[nH]1. The van der Waals surface area contributed by atoms with E-state index >= 15 is 0 Å². The van der Waals surface area contributed by atoms with Crippen LogP contribution in [0, 0.1) is 35.5 Å². The van der Waals surface area contributed by atoms with E-state index in [-0.39, 0.29) is 42.2 Å². The number of alkyl halides is 1. The molecule has 3 heterocycles. The number of rotatable bonds is 8. The lowest BCUT2D eigenvalue weighted by Crippen LogP contribution is -2.37. The van der Waals surface area contributed by atoms with Gasteiger partial charge in [-0.3, -0.25) is 9.18 Å². The first-order valence-corrected chi connectivity index (χ1v) is 18.3. The molecule has 1 saturated carbocycles. The number of amides is 2. The number of aromatic amines is 1. The molecule has 2 saturated heterocycles. The van der Waals surface area contributed by atoms with E-state index < -0.39 is 6.09 Å². The molecule has 3 atom stereocenters. The van der Waals surface area contributed by atoms with E-state index in [0.717, 1.165) is 87.3 Å². The van der Waals surface area contributed by atoms with Gasteiger partial charge in [0.1, 0.15) is 12.4 Å². The second-order valence-corrected chi connectivity index (χ2v) is 15.7. The molecule has 0 bridgehead atoms. The summed E-state index contributed by atoms with van der Waals surface area (Å²) in [6.07, 6.45) is 8.55. The van der Waals surface area contributed by atoms with Crippen molar-refractivity contribution in [2.75, 3.05) is 19.8 Å². The molecule has 3 aliphatic rings. The van der Waals surface area contributed by atoms with Crippen molar-refractivity contribution in [3.05, 3.63) is 64.8 Å². The number of halogens is 1. The number of allylic oxidation sites excluding steroid dienone is 2. The van der Waals surface area contributed by atoms with Gasteiger partial charge in [-0.05, 0) is 121 Å². The number of H-pyrrole nitrogens is 1. The van der Waals surface area contributed by atoms with E-state index in [2.05, 4.69) is 55.2 Å². The second kappa shape index (κ2) is 19.2. The van der Waals surface area contributed by atoms with Crippen LogP contribution in [0.15, 0.2) is 47.7 Å². The molecule has 1 aromatic carbocycles. The third-order valence-corrected chi connectivity index (χ3v) is 10.1. The van der Waals surface area contributed by atoms with Crippen LogP contribution < -0.4 is 10.6 Å². The van der Waals surface area contributed by atoms with Crippen LogP contribution in [-0.2, 0) is 20.9 Å². The Morgan fingerprint density at radius 2 is 1.80 bits per heavy atom. The molecular weight excluding hydrogens is 633 g/mol. The van der Waals surface area contributed by atoms with Gasteiger partial charge in [-0.25, -0.2) is 9.78 Å². The number of aryl methyl sites for hydroxylation is 1. The quantitative estimate of drug-likeness (QED) is 0.205. The number of benzene rings is 1. The monoisotopic (exact) mass is 695 g/mol. The molecule has 1 aromatic heterocycles. The van der Waals surface area contributed by atoms with E-state index in [1.807, 2.05) is 51.1 Å².